The van der Waals surface area contributed by atoms with Crippen molar-refractivity contribution in [1.82, 2.24) is 19.5 Å². The maximum absolute atomic E-state index is 14.4. The van der Waals surface area contributed by atoms with Crippen LogP contribution in [-0.4, -0.2) is 30.6 Å². The minimum Gasteiger partial charge on any atom is -0.481 e. The zero-order valence-electron chi connectivity index (χ0n) is 14.9. The van der Waals surface area contributed by atoms with Crippen molar-refractivity contribution in [3.8, 4) is 29.0 Å². The smallest absolute Gasteiger partial charge is 0.303 e. The van der Waals surface area contributed by atoms with Gasteiger partial charge in [0.25, 0.3) is 5.89 Å². The lowest BCUT2D eigenvalue weighted by molar-refractivity contribution is -0.136. The molecule has 0 spiro atoms. The molecule has 0 atom stereocenters. The molecule has 1 aromatic carbocycles. The first-order valence-electron chi connectivity index (χ1n) is 8.48. The molecule has 150 valence electrons. The van der Waals surface area contributed by atoms with Crippen LogP contribution in [0.5, 0.6) is 0 Å². The number of aromatic nitrogens is 4. The van der Waals surface area contributed by atoms with Crippen LogP contribution in [0.4, 0.5) is 4.39 Å². The van der Waals surface area contributed by atoms with E-state index in [1.165, 1.54) is 6.07 Å². The van der Waals surface area contributed by atoms with Crippen molar-refractivity contribution in [2.24, 2.45) is 0 Å². The second kappa shape index (κ2) is 7.85. The first-order valence-corrected chi connectivity index (χ1v) is 9.65. The number of imidazole rings is 1. The molecule has 0 amide bonds. The molecular weight excluding hydrogens is 481 g/mol. The van der Waals surface area contributed by atoms with E-state index in [4.69, 9.17) is 26.5 Å². The fourth-order valence-corrected chi connectivity index (χ4v) is 3.66. The zero-order chi connectivity index (χ0) is 21.4. The molecular formula is C19H10BrClFN5O3. The largest absolute Gasteiger partial charge is 0.481 e. The molecule has 0 radical (unpaired) electrons. The van der Waals surface area contributed by atoms with Crippen molar-refractivity contribution in [1.29, 1.82) is 5.26 Å². The maximum Gasteiger partial charge on any atom is 0.303 e. The summed E-state index contributed by atoms with van der Waals surface area (Å²) in [6, 6.07) is 6.20. The van der Waals surface area contributed by atoms with Crippen LogP contribution < -0.4 is 0 Å². The average molecular weight is 491 g/mol. The van der Waals surface area contributed by atoms with E-state index in [1.807, 2.05) is 0 Å². The Morgan fingerprint density at radius 1 is 1.33 bits per heavy atom. The summed E-state index contributed by atoms with van der Waals surface area (Å²) in [7, 11) is 0. The van der Waals surface area contributed by atoms with Crippen LogP contribution in [0.2, 0.25) is 5.02 Å². The lowest BCUT2D eigenvalue weighted by atomic mass is 10.1. The van der Waals surface area contributed by atoms with Crippen LogP contribution in [-0.2, 0) is 11.2 Å². The minimum absolute atomic E-state index is 0.0134. The maximum atomic E-state index is 14.4. The summed E-state index contributed by atoms with van der Waals surface area (Å²) in [6.07, 6.45) is 3.03. The van der Waals surface area contributed by atoms with Gasteiger partial charge in [0, 0.05) is 24.4 Å². The highest BCUT2D eigenvalue weighted by Crippen LogP contribution is 2.31. The summed E-state index contributed by atoms with van der Waals surface area (Å²) in [5.74, 6) is -1.49. The standard InChI is InChI=1S/C19H10BrClFN5O3/c20-12-3-9(6-23)7-27-8-15(24-18(12)27)19-25-17(26-30-19)11-5-14(22)10(4-13(11)21)1-2-16(28)29/h3-5,7-8H,1-2H2,(H,28,29). The second-order valence-corrected chi connectivity index (χ2v) is 7.55. The van der Waals surface area contributed by atoms with Gasteiger partial charge in [0.05, 0.1) is 15.1 Å². The van der Waals surface area contributed by atoms with Crippen LogP contribution in [0.1, 0.15) is 17.5 Å². The molecule has 4 rings (SSSR count). The molecule has 0 saturated heterocycles. The number of nitrogens with zero attached hydrogens (tertiary/aromatic N) is 5. The van der Waals surface area contributed by atoms with Gasteiger partial charge in [-0.25, -0.2) is 9.37 Å². The summed E-state index contributed by atoms with van der Waals surface area (Å²) >= 11 is 9.60. The average Bonchev–Trinajstić information content (AvgIpc) is 3.35. The highest BCUT2D eigenvalue weighted by molar-refractivity contribution is 9.10. The van der Waals surface area contributed by atoms with Crippen molar-refractivity contribution >= 4 is 39.1 Å². The Hall–Kier alpha value is -3.29. The lowest BCUT2D eigenvalue weighted by Gasteiger charge is -2.05. The fourth-order valence-electron chi connectivity index (χ4n) is 2.85. The Bertz CT molecular complexity index is 1340. The van der Waals surface area contributed by atoms with Gasteiger partial charge in [0.1, 0.15) is 17.6 Å². The molecule has 8 nitrogen and oxygen atoms in total. The van der Waals surface area contributed by atoms with Gasteiger partial charge in [-0.2, -0.15) is 10.2 Å². The van der Waals surface area contributed by atoms with Crippen LogP contribution in [0, 0.1) is 17.1 Å². The van der Waals surface area contributed by atoms with Crippen LogP contribution in [0.25, 0.3) is 28.6 Å². The summed E-state index contributed by atoms with van der Waals surface area (Å²) < 4.78 is 21.9. The first kappa shape index (κ1) is 20.0. The lowest BCUT2D eigenvalue weighted by Crippen LogP contribution is -2.00. The Morgan fingerprint density at radius 3 is 2.87 bits per heavy atom. The number of halogens is 3. The van der Waals surface area contributed by atoms with Gasteiger partial charge >= 0.3 is 5.97 Å². The minimum atomic E-state index is -1.03. The molecule has 0 saturated carbocycles. The SMILES string of the molecule is N#Cc1cc(Br)c2nc(-c3nc(-c4cc(F)c(CCC(=O)O)cc4Cl)no3)cn2c1. The molecule has 0 bridgehead atoms. The molecule has 1 N–H and O–H groups in total. The fraction of sp³-hybridized carbons (Fsp3) is 0.105. The number of aryl methyl sites for hydroxylation is 1. The number of carboxylic acid groups (broad SMARTS) is 1. The van der Waals surface area contributed by atoms with Gasteiger partial charge in [-0.1, -0.05) is 16.8 Å². The van der Waals surface area contributed by atoms with Crippen LogP contribution >= 0.6 is 27.5 Å². The number of nitriles is 1. The molecule has 4 aromatic rings. The monoisotopic (exact) mass is 489 g/mol. The van der Waals surface area contributed by atoms with E-state index in [2.05, 4.69) is 37.1 Å². The van der Waals surface area contributed by atoms with Crippen molar-refractivity contribution < 1.29 is 18.8 Å². The van der Waals surface area contributed by atoms with Crippen molar-refractivity contribution in [3.05, 3.63) is 57.0 Å². The predicted molar refractivity (Wildman–Crippen MR) is 107 cm³/mol. The topological polar surface area (TPSA) is 117 Å². The molecule has 11 heteroatoms. The third-order valence-corrected chi connectivity index (χ3v) is 5.16. The number of hydrogen-bond acceptors (Lipinski definition) is 6. The van der Waals surface area contributed by atoms with Gasteiger partial charge in [0.2, 0.25) is 5.82 Å². The highest BCUT2D eigenvalue weighted by atomic mass is 79.9. The van der Waals surface area contributed by atoms with Gasteiger partial charge in [-0.05, 0) is 46.1 Å². The van der Waals surface area contributed by atoms with Crippen molar-refractivity contribution in [2.75, 3.05) is 0 Å². The quantitative estimate of drug-likeness (QED) is 0.438. The van der Waals surface area contributed by atoms with Crippen LogP contribution in [0.3, 0.4) is 0 Å². The van der Waals surface area contributed by atoms with E-state index in [0.29, 0.717) is 21.4 Å². The third-order valence-electron chi connectivity index (χ3n) is 4.27. The van der Waals surface area contributed by atoms with E-state index in [1.54, 1.807) is 22.9 Å². The van der Waals surface area contributed by atoms with E-state index >= 15 is 0 Å². The number of carboxylic acids is 1. The van der Waals surface area contributed by atoms with E-state index < -0.39 is 11.8 Å². The summed E-state index contributed by atoms with van der Waals surface area (Å²) in [5.41, 5.74) is 1.75. The molecule has 3 aromatic heterocycles. The normalized spacial score (nSPS) is 11.0. The molecule has 0 aliphatic carbocycles. The Kier molecular flexibility index (Phi) is 5.24. The van der Waals surface area contributed by atoms with Gasteiger partial charge in [-0.15, -0.1) is 0 Å². The molecule has 30 heavy (non-hydrogen) atoms. The predicted octanol–water partition coefficient (Wildman–Crippen LogP) is 4.50. The molecule has 0 fully saturated rings. The Morgan fingerprint density at radius 2 is 2.13 bits per heavy atom. The number of benzene rings is 1. The Balaban J connectivity index is 1.69. The van der Waals surface area contributed by atoms with E-state index in [9.17, 15) is 9.18 Å². The molecule has 0 unspecified atom stereocenters. The second-order valence-electron chi connectivity index (χ2n) is 6.29. The number of hydrogen-bond donors (Lipinski definition) is 1. The number of fused-ring (bicyclic) bond motifs is 1. The van der Waals surface area contributed by atoms with Gasteiger partial charge < -0.3 is 14.0 Å². The Labute approximate surface area is 181 Å². The van der Waals surface area contributed by atoms with Crippen LogP contribution in [0.15, 0.2) is 39.6 Å². The van der Waals surface area contributed by atoms with E-state index in [0.717, 1.165) is 6.07 Å². The number of rotatable bonds is 5. The summed E-state index contributed by atoms with van der Waals surface area (Å²) in [4.78, 5) is 19.4. The van der Waals surface area contributed by atoms with Crippen molar-refractivity contribution in [2.45, 2.75) is 12.8 Å². The molecule has 3 heterocycles. The summed E-state index contributed by atoms with van der Waals surface area (Å²) in [5, 5.41) is 21.9. The van der Waals surface area contributed by atoms with E-state index in [-0.39, 0.29) is 40.7 Å². The summed E-state index contributed by atoms with van der Waals surface area (Å²) in [6.45, 7) is 0. The number of carbonyl (C=O) groups is 1. The van der Waals surface area contributed by atoms with Gasteiger partial charge in [0.15, 0.2) is 5.65 Å². The highest BCUT2D eigenvalue weighted by Gasteiger charge is 2.19. The third kappa shape index (κ3) is 3.77. The number of pyridine rings is 1. The zero-order valence-corrected chi connectivity index (χ0v) is 17.3. The first-order chi connectivity index (χ1) is 14.4. The van der Waals surface area contributed by atoms with Gasteiger partial charge in [-0.3, -0.25) is 4.79 Å². The molecule has 0 aliphatic heterocycles. The molecule has 0 aliphatic rings. The van der Waals surface area contributed by atoms with Crippen molar-refractivity contribution in [3.63, 3.8) is 0 Å². The number of aliphatic carboxylic acids is 1.